The maximum absolute atomic E-state index is 9.34. The Morgan fingerprint density at radius 1 is 0.897 bits per heavy atom. The van der Waals surface area contributed by atoms with Crippen molar-refractivity contribution >= 4 is 34.9 Å². The fraction of sp³-hybridized carbons (Fsp3) is 0.118. The molecule has 0 saturated carbocycles. The zero-order valence-electron chi connectivity index (χ0n) is 22.1. The standard InChI is InChI=1S/C34H27N3OS/c1-34(2,3)33-22-25(28(23-35)36-4)21-27(38-33)12-6-5-11-24-17-19-26(20-18-24)37-29-13-7-9-15-31(29)39-32-16-10-8-14-30(32)37/h5-22H,1-3H3/b11-5+,12-6+,28-25-. The molecule has 2 aliphatic rings. The first kappa shape index (κ1) is 25.9. The number of fused-ring (bicyclic) bond motifs is 2. The second-order valence-corrected chi connectivity index (χ2v) is 11.2. The monoisotopic (exact) mass is 525 g/mol. The van der Waals surface area contributed by atoms with Gasteiger partial charge in [0, 0.05) is 20.9 Å². The van der Waals surface area contributed by atoms with Crippen LogP contribution in [0.25, 0.3) is 10.9 Å². The van der Waals surface area contributed by atoms with Crippen LogP contribution in [0.3, 0.4) is 0 Å². The van der Waals surface area contributed by atoms with Gasteiger partial charge in [0.2, 0.25) is 0 Å². The van der Waals surface area contributed by atoms with E-state index < -0.39 is 0 Å². The van der Waals surface area contributed by atoms with Gasteiger partial charge in [0.1, 0.15) is 11.5 Å². The van der Waals surface area contributed by atoms with Gasteiger partial charge in [0.05, 0.1) is 24.0 Å². The molecule has 0 unspecified atom stereocenters. The molecule has 3 aromatic rings. The number of para-hydroxylation sites is 2. The van der Waals surface area contributed by atoms with Crippen LogP contribution in [0.15, 0.2) is 136 Å². The van der Waals surface area contributed by atoms with Crippen molar-refractivity contribution in [2.24, 2.45) is 5.41 Å². The Morgan fingerprint density at radius 3 is 2.10 bits per heavy atom. The molecule has 0 radical (unpaired) electrons. The summed E-state index contributed by atoms with van der Waals surface area (Å²) in [7, 11) is 0. The number of rotatable bonds is 4. The first-order chi connectivity index (χ1) is 18.9. The second-order valence-electron chi connectivity index (χ2n) is 10.1. The number of hydrogen-bond acceptors (Lipinski definition) is 4. The summed E-state index contributed by atoms with van der Waals surface area (Å²) in [5.74, 6) is 1.31. The lowest BCUT2D eigenvalue weighted by atomic mass is 9.91. The van der Waals surface area contributed by atoms with Crippen molar-refractivity contribution in [3.63, 3.8) is 0 Å². The Bertz CT molecular complexity index is 1590. The van der Waals surface area contributed by atoms with E-state index in [1.54, 1.807) is 23.9 Å². The van der Waals surface area contributed by atoms with Crippen molar-refractivity contribution in [1.82, 2.24) is 0 Å². The zero-order valence-corrected chi connectivity index (χ0v) is 22.9. The number of anilines is 3. The predicted molar refractivity (Wildman–Crippen MR) is 159 cm³/mol. The molecule has 5 rings (SSSR count). The highest BCUT2D eigenvalue weighted by Crippen LogP contribution is 2.51. The normalized spacial score (nSPS) is 16.0. The first-order valence-electron chi connectivity index (χ1n) is 12.6. The van der Waals surface area contributed by atoms with E-state index in [0.717, 1.165) is 17.0 Å². The van der Waals surface area contributed by atoms with E-state index in [-0.39, 0.29) is 11.1 Å². The molecule has 0 aromatic heterocycles. The highest BCUT2D eigenvalue weighted by atomic mass is 32.2. The quantitative estimate of drug-likeness (QED) is 0.151. The Kier molecular flexibility index (Phi) is 7.28. The Balaban J connectivity index is 1.35. The van der Waals surface area contributed by atoms with Crippen LogP contribution >= 0.6 is 11.8 Å². The van der Waals surface area contributed by atoms with E-state index in [9.17, 15) is 5.26 Å². The number of nitrogens with zero attached hydrogens (tertiary/aromatic N) is 3. The number of allylic oxidation sites excluding steroid dienone is 8. The van der Waals surface area contributed by atoms with Gasteiger partial charge in [-0.15, -0.1) is 0 Å². The van der Waals surface area contributed by atoms with Gasteiger partial charge in [-0.25, -0.2) is 10.1 Å². The molecule has 2 heterocycles. The van der Waals surface area contributed by atoms with Gasteiger partial charge >= 0.3 is 0 Å². The summed E-state index contributed by atoms with van der Waals surface area (Å²) in [6.45, 7) is 13.4. The minimum Gasteiger partial charge on any atom is -0.461 e. The molecular formula is C34H27N3OS. The molecule has 0 saturated heterocycles. The van der Waals surface area contributed by atoms with Crippen molar-refractivity contribution in [2.45, 2.75) is 30.6 Å². The summed E-state index contributed by atoms with van der Waals surface area (Å²) >= 11 is 1.80. The van der Waals surface area contributed by atoms with E-state index in [0.29, 0.717) is 11.3 Å². The van der Waals surface area contributed by atoms with Gasteiger partial charge in [-0.05, 0) is 65.8 Å². The van der Waals surface area contributed by atoms with Crippen LogP contribution in [0, 0.1) is 23.3 Å². The molecule has 39 heavy (non-hydrogen) atoms. The van der Waals surface area contributed by atoms with Crippen molar-refractivity contribution < 1.29 is 4.74 Å². The van der Waals surface area contributed by atoms with Gasteiger partial charge in [-0.1, -0.05) is 87.2 Å². The SMILES string of the molecule is [C-]#[N+]/C(C#N)=C1C=C(/C=C/C=C/c2ccc(N3c4ccccc4Sc4ccccc43)cc2)OC(C(C)(C)C)=C/1. The Morgan fingerprint density at radius 2 is 1.51 bits per heavy atom. The topological polar surface area (TPSA) is 40.6 Å². The van der Waals surface area contributed by atoms with Gasteiger partial charge in [0.25, 0.3) is 5.70 Å². The van der Waals surface area contributed by atoms with Crippen molar-refractivity contribution in [1.29, 1.82) is 5.26 Å². The summed E-state index contributed by atoms with van der Waals surface area (Å²) in [5.41, 5.74) is 4.92. The van der Waals surface area contributed by atoms with Crippen LogP contribution in [0.5, 0.6) is 0 Å². The third-order valence-corrected chi connectivity index (χ3v) is 7.42. The molecule has 190 valence electrons. The summed E-state index contributed by atoms with van der Waals surface area (Å²) < 4.78 is 6.06. The maximum Gasteiger partial charge on any atom is 0.269 e. The number of ether oxygens (including phenoxy) is 1. The lowest BCUT2D eigenvalue weighted by Crippen LogP contribution is -2.14. The predicted octanol–water partition coefficient (Wildman–Crippen LogP) is 9.73. The van der Waals surface area contributed by atoms with E-state index in [1.165, 1.54) is 21.2 Å². The minimum absolute atomic E-state index is 0.0547. The highest BCUT2D eigenvalue weighted by molar-refractivity contribution is 7.99. The minimum atomic E-state index is -0.257. The molecular weight excluding hydrogens is 498 g/mol. The second kappa shape index (κ2) is 11.0. The zero-order chi connectivity index (χ0) is 27.4. The lowest BCUT2D eigenvalue weighted by Gasteiger charge is -2.32. The van der Waals surface area contributed by atoms with Gasteiger partial charge < -0.3 is 9.64 Å². The van der Waals surface area contributed by atoms with E-state index >= 15 is 0 Å². The van der Waals surface area contributed by atoms with Crippen LogP contribution in [0.4, 0.5) is 17.1 Å². The average molecular weight is 526 g/mol. The number of hydrogen-bond donors (Lipinski definition) is 0. The van der Waals surface area contributed by atoms with Crippen LogP contribution in [0.2, 0.25) is 0 Å². The van der Waals surface area contributed by atoms with Crippen molar-refractivity contribution in [3.8, 4) is 6.07 Å². The molecule has 0 N–H and O–H groups in total. The van der Waals surface area contributed by atoms with Crippen molar-refractivity contribution in [3.05, 3.63) is 143 Å². The first-order valence-corrected chi connectivity index (χ1v) is 13.4. The average Bonchev–Trinajstić information content (AvgIpc) is 2.94. The number of benzene rings is 3. The van der Waals surface area contributed by atoms with Crippen LogP contribution in [0.1, 0.15) is 26.3 Å². The van der Waals surface area contributed by atoms with Crippen molar-refractivity contribution in [2.75, 3.05) is 4.90 Å². The molecule has 3 aromatic carbocycles. The largest absolute Gasteiger partial charge is 0.461 e. The molecule has 0 fully saturated rings. The van der Waals surface area contributed by atoms with Crippen LogP contribution in [-0.2, 0) is 4.74 Å². The summed E-state index contributed by atoms with van der Waals surface area (Å²) in [5, 5.41) is 9.34. The molecule has 0 spiro atoms. The summed E-state index contributed by atoms with van der Waals surface area (Å²) in [6.07, 6.45) is 11.3. The van der Waals surface area contributed by atoms with E-state index in [1.807, 2.05) is 51.1 Å². The fourth-order valence-electron chi connectivity index (χ4n) is 4.30. The van der Waals surface area contributed by atoms with Crippen LogP contribution in [-0.4, -0.2) is 0 Å². The Hall–Kier alpha value is -4.71. The molecule has 4 nitrogen and oxygen atoms in total. The fourth-order valence-corrected chi connectivity index (χ4v) is 5.36. The lowest BCUT2D eigenvalue weighted by molar-refractivity contribution is 0.223. The van der Waals surface area contributed by atoms with Gasteiger partial charge in [-0.3, -0.25) is 0 Å². The maximum atomic E-state index is 9.34. The third-order valence-electron chi connectivity index (χ3n) is 6.29. The highest BCUT2D eigenvalue weighted by Gasteiger charge is 2.25. The summed E-state index contributed by atoms with van der Waals surface area (Å²) in [4.78, 5) is 8.16. The molecule has 0 amide bonds. The van der Waals surface area contributed by atoms with E-state index in [4.69, 9.17) is 11.3 Å². The molecule has 0 bridgehead atoms. The molecule has 0 atom stereocenters. The van der Waals surface area contributed by atoms with Gasteiger partial charge in [-0.2, -0.15) is 0 Å². The van der Waals surface area contributed by atoms with Crippen LogP contribution < -0.4 is 4.90 Å². The summed E-state index contributed by atoms with van der Waals surface area (Å²) in [6, 6.07) is 27.5. The molecule has 2 aliphatic heterocycles. The number of nitriles is 1. The van der Waals surface area contributed by atoms with Gasteiger partial charge in [0.15, 0.2) is 0 Å². The van der Waals surface area contributed by atoms with E-state index in [2.05, 4.69) is 82.5 Å². The Labute approximate surface area is 234 Å². The molecule has 5 heteroatoms. The molecule has 0 aliphatic carbocycles. The third kappa shape index (κ3) is 5.60. The smallest absolute Gasteiger partial charge is 0.269 e.